The van der Waals surface area contributed by atoms with Crippen LogP contribution in [0.3, 0.4) is 0 Å². The number of hydrogen-bond acceptors (Lipinski definition) is 8. The molecular weight excluding hydrogens is 503 g/mol. The van der Waals surface area contributed by atoms with Gasteiger partial charge in [-0.2, -0.15) is 0 Å². The van der Waals surface area contributed by atoms with E-state index in [1.807, 2.05) is 0 Å². The van der Waals surface area contributed by atoms with Crippen LogP contribution in [0.15, 0.2) is 53.9 Å². The van der Waals surface area contributed by atoms with Gasteiger partial charge in [0.2, 0.25) is 0 Å². The van der Waals surface area contributed by atoms with Crippen LogP contribution in [0.4, 0.5) is 13.2 Å². The van der Waals surface area contributed by atoms with Crippen molar-refractivity contribution in [2.24, 2.45) is 0 Å². The monoisotopic (exact) mass is 525 g/mol. The van der Waals surface area contributed by atoms with Crippen molar-refractivity contribution in [2.75, 3.05) is 26.9 Å². The molecule has 0 aliphatic rings. The van der Waals surface area contributed by atoms with Crippen LogP contribution in [0.5, 0.6) is 23.0 Å². The molecule has 3 aromatic rings. The molecule has 1 aromatic heterocycles. The summed E-state index contributed by atoms with van der Waals surface area (Å²) in [7, 11) is 1.57. The van der Waals surface area contributed by atoms with E-state index in [0.717, 1.165) is 12.1 Å². The highest BCUT2D eigenvalue weighted by Crippen LogP contribution is 2.24. The Labute approximate surface area is 208 Å². The fourth-order valence-electron chi connectivity index (χ4n) is 2.70. The van der Waals surface area contributed by atoms with E-state index in [1.54, 1.807) is 36.8 Å². The third kappa shape index (κ3) is 8.98. The van der Waals surface area contributed by atoms with Crippen LogP contribution in [0.25, 0.3) is 0 Å². The highest BCUT2D eigenvalue weighted by molar-refractivity contribution is 7.09. The molecule has 3 rings (SSSR count). The maximum absolute atomic E-state index is 12.2. The lowest BCUT2D eigenvalue weighted by molar-refractivity contribution is -0.274. The minimum atomic E-state index is -4.79. The van der Waals surface area contributed by atoms with Gasteiger partial charge in [-0.1, -0.05) is 0 Å². The predicted octanol–water partition coefficient (Wildman–Crippen LogP) is 3.55. The summed E-state index contributed by atoms with van der Waals surface area (Å²) >= 11 is 1.20. The zero-order chi connectivity index (χ0) is 26.0. The van der Waals surface area contributed by atoms with Gasteiger partial charge in [-0.25, -0.2) is 4.98 Å². The molecule has 0 bridgehead atoms. The van der Waals surface area contributed by atoms with Crippen LogP contribution in [-0.4, -0.2) is 50.0 Å². The van der Waals surface area contributed by atoms with Gasteiger partial charge in [-0.15, -0.1) is 24.5 Å². The van der Waals surface area contributed by atoms with E-state index in [1.165, 1.54) is 23.5 Å². The van der Waals surface area contributed by atoms with Crippen molar-refractivity contribution in [3.8, 4) is 23.0 Å². The van der Waals surface area contributed by atoms with Crippen LogP contribution < -0.4 is 29.6 Å². The molecule has 2 N–H and O–H groups in total. The molecule has 1 heterocycles. The van der Waals surface area contributed by atoms with Gasteiger partial charge in [0.25, 0.3) is 11.8 Å². The lowest BCUT2D eigenvalue weighted by Gasteiger charge is -2.10. The molecule has 2 amide bonds. The summed E-state index contributed by atoms with van der Waals surface area (Å²) in [5.74, 6) is 0.322. The second-order valence-corrected chi connectivity index (χ2v) is 7.93. The van der Waals surface area contributed by atoms with E-state index in [4.69, 9.17) is 14.2 Å². The SMILES string of the molecule is COc1ccc(OCCNC(=O)c2csc(CNC(=O)COc3ccc(OC(F)(F)F)cc3)n2)cc1. The van der Waals surface area contributed by atoms with Gasteiger partial charge >= 0.3 is 6.36 Å². The first kappa shape index (κ1) is 26.6. The molecule has 0 aliphatic heterocycles. The minimum absolute atomic E-state index is 0.0824. The number of ether oxygens (including phenoxy) is 4. The molecule has 192 valence electrons. The molecule has 0 fully saturated rings. The van der Waals surface area contributed by atoms with Gasteiger partial charge in [0.05, 0.1) is 20.2 Å². The van der Waals surface area contributed by atoms with Crippen LogP contribution in [-0.2, 0) is 11.3 Å². The minimum Gasteiger partial charge on any atom is -0.497 e. The molecule has 0 unspecified atom stereocenters. The number of nitrogens with zero attached hydrogens (tertiary/aromatic N) is 1. The quantitative estimate of drug-likeness (QED) is 0.348. The van der Waals surface area contributed by atoms with E-state index in [-0.39, 0.29) is 43.7 Å². The van der Waals surface area contributed by atoms with Gasteiger partial charge in [0.1, 0.15) is 40.3 Å². The lowest BCUT2D eigenvalue weighted by Crippen LogP contribution is -2.29. The fourth-order valence-corrected chi connectivity index (χ4v) is 3.42. The average molecular weight is 526 g/mol. The summed E-state index contributed by atoms with van der Waals surface area (Å²) < 4.78 is 56.1. The van der Waals surface area contributed by atoms with Gasteiger partial charge in [-0.05, 0) is 48.5 Å². The summed E-state index contributed by atoms with van der Waals surface area (Å²) in [6.45, 7) is 0.268. The molecule has 2 aromatic carbocycles. The Morgan fingerprint density at radius 1 is 0.917 bits per heavy atom. The van der Waals surface area contributed by atoms with E-state index in [0.29, 0.717) is 16.5 Å². The molecule has 0 aliphatic carbocycles. The number of alkyl halides is 3. The normalized spacial score (nSPS) is 10.9. The maximum Gasteiger partial charge on any atom is 0.573 e. The topological polar surface area (TPSA) is 108 Å². The molecule has 13 heteroatoms. The number of nitrogens with one attached hydrogen (secondary N) is 2. The van der Waals surface area contributed by atoms with E-state index in [9.17, 15) is 22.8 Å². The first-order valence-corrected chi connectivity index (χ1v) is 11.3. The first-order chi connectivity index (χ1) is 17.2. The van der Waals surface area contributed by atoms with Crippen LogP contribution in [0, 0.1) is 0 Å². The van der Waals surface area contributed by atoms with Crippen molar-refractivity contribution in [1.82, 2.24) is 15.6 Å². The Morgan fingerprint density at radius 3 is 2.17 bits per heavy atom. The average Bonchev–Trinajstić information content (AvgIpc) is 3.33. The molecule has 9 nitrogen and oxygen atoms in total. The van der Waals surface area contributed by atoms with E-state index >= 15 is 0 Å². The van der Waals surface area contributed by atoms with Gasteiger partial charge < -0.3 is 29.6 Å². The van der Waals surface area contributed by atoms with Crippen LogP contribution >= 0.6 is 11.3 Å². The second kappa shape index (κ2) is 12.6. The highest BCUT2D eigenvalue weighted by atomic mass is 32.1. The highest BCUT2D eigenvalue weighted by Gasteiger charge is 2.31. The molecule has 36 heavy (non-hydrogen) atoms. The number of carbonyl (C=O) groups is 2. The molecule has 0 saturated heterocycles. The Hall–Kier alpha value is -4.00. The van der Waals surface area contributed by atoms with Crippen molar-refractivity contribution >= 4 is 23.2 Å². The van der Waals surface area contributed by atoms with Crippen molar-refractivity contribution in [1.29, 1.82) is 0 Å². The first-order valence-electron chi connectivity index (χ1n) is 10.5. The number of thiazole rings is 1. The Bertz CT molecular complexity index is 1140. The number of amides is 2. The standard InChI is InChI=1S/C23H22F3N3O6S/c1-32-15-2-4-16(5-3-15)33-11-10-27-22(31)19-14-36-21(29-19)12-28-20(30)13-34-17-6-8-18(9-7-17)35-23(24,25)26/h2-9,14H,10-13H2,1H3,(H,27,31)(H,28,30). The van der Waals surface area contributed by atoms with Gasteiger partial charge in [-0.3, -0.25) is 9.59 Å². The van der Waals surface area contributed by atoms with Crippen molar-refractivity contribution in [3.63, 3.8) is 0 Å². The van der Waals surface area contributed by atoms with Crippen molar-refractivity contribution < 1.29 is 41.7 Å². The summed E-state index contributed by atoms with van der Waals surface area (Å²) in [5.41, 5.74) is 0.214. The zero-order valence-electron chi connectivity index (χ0n) is 19.0. The summed E-state index contributed by atoms with van der Waals surface area (Å²) in [5, 5.41) is 7.38. The maximum atomic E-state index is 12.2. The summed E-state index contributed by atoms with van der Waals surface area (Å²) in [6.07, 6.45) is -4.79. The Morgan fingerprint density at radius 2 is 1.53 bits per heavy atom. The zero-order valence-corrected chi connectivity index (χ0v) is 19.8. The second-order valence-electron chi connectivity index (χ2n) is 6.99. The smallest absolute Gasteiger partial charge is 0.497 e. The molecule has 0 radical (unpaired) electrons. The Balaban J connectivity index is 1.34. The number of rotatable bonds is 12. The number of benzene rings is 2. The molecule has 0 atom stereocenters. The summed E-state index contributed by atoms with van der Waals surface area (Å²) in [6, 6.07) is 11.7. The number of methoxy groups -OCH3 is 1. The third-order valence-electron chi connectivity index (χ3n) is 4.36. The van der Waals surface area contributed by atoms with Crippen LogP contribution in [0.2, 0.25) is 0 Å². The van der Waals surface area contributed by atoms with Crippen molar-refractivity contribution in [2.45, 2.75) is 12.9 Å². The summed E-state index contributed by atoms with van der Waals surface area (Å²) in [4.78, 5) is 28.4. The number of halogens is 3. The van der Waals surface area contributed by atoms with Crippen LogP contribution in [0.1, 0.15) is 15.5 Å². The number of aromatic nitrogens is 1. The fraction of sp³-hybridized carbons (Fsp3) is 0.261. The molecule has 0 saturated carbocycles. The lowest BCUT2D eigenvalue weighted by atomic mass is 10.3. The third-order valence-corrected chi connectivity index (χ3v) is 5.21. The Kier molecular flexibility index (Phi) is 9.33. The molecular formula is C23H22F3N3O6S. The largest absolute Gasteiger partial charge is 0.573 e. The number of carbonyl (C=O) groups excluding carboxylic acids is 2. The van der Waals surface area contributed by atoms with Gasteiger partial charge in [0.15, 0.2) is 6.61 Å². The van der Waals surface area contributed by atoms with Gasteiger partial charge in [0, 0.05) is 5.38 Å². The van der Waals surface area contributed by atoms with E-state index < -0.39 is 18.0 Å². The number of hydrogen-bond donors (Lipinski definition) is 2. The molecule has 0 spiro atoms. The van der Waals surface area contributed by atoms with Crippen molar-refractivity contribution in [3.05, 3.63) is 64.6 Å². The van der Waals surface area contributed by atoms with E-state index in [2.05, 4.69) is 20.4 Å². The predicted molar refractivity (Wildman–Crippen MR) is 123 cm³/mol.